The van der Waals surface area contributed by atoms with Gasteiger partial charge in [-0.05, 0) is 18.9 Å². The van der Waals surface area contributed by atoms with Crippen molar-refractivity contribution in [2.24, 2.45) is 0 Å². The molecule has 3 rings (SSSR count). The fraction of sp³-hybridized carbons (Fsp3) is 0.571. The fourth-order valence-electron chi connectivity index (χ4n) is 3.12. The Balaban J connectivity index is 1.63. The molecule has 1 aromatic rings. The molecule has 1 aromatic carbocycles. The van der Waals surface area contributed by atoms with E-state index in [-0.39, 0.29) is 11.8 Å². The van der Waals surface area contributed by atoms with E-state index in [9.17, 15) is 15.2 Å². The fourth-order valence-corrected chi connectivity index (χ4v) is 3.42. The number of aliphatic hydroxyl groups excluding tert-OH is 1. The molecular formula is C14H18ClN3O3. The van der Waals surface area contributed by atoms with Gasteiger partial charge in [0.1, 0.15) is 0 Å². The van der Waals surface area contributed by atoms with Crippen LogP contribution in [0.3, 0.4) is 0 Å². The quantitative estimate of drug-likeness (QED) is 0.682. The molecule has 0 spiro atoms. The third kappa shape index (κ3) is 2.97. The van der Waals surface area contributed by atoms with E-state index in [0.717, 1.165) is 44.7 Å². The maximum Gasteiger partial charge on any atom is 0.271 e. The summed E-state index contributed by atoms with van der Waals surface area (Å²) in [6, 6.07) is 5.17. The summed E-state index contributed by atoms with van der Waals surface area (Å²) in [6.07, 6.45) is 1.90. The summed E-state index contributed by atoms with van der Waals surface area (Å²) in [6.45, 7) is 3.33. The van der Waals surface area contributed by atoms with E-state index in [1.54, 1.807) is 6.07 Å². The predicted molar refractivity (Wildman–Crippen MR) is 80.9 cm³/mol. The highest BCUT2D eigenvalue weighted by molar-refractivity contribution is 6.33. The van der Waals surface area contributed by atoms with Crippen LogP contribution < -0.4 is 4.90 Å². The van der Waals surface area contributed by atoms with E-state index in [4.69, 9.17) is 11.6 Å². The Morgan fingerprint density at radius 1 is 1.29 bits per heavy atom. The molecule has 1 N–H and O–H groups in total. The van der Waals surface area contributed by atoms with Crippen LogP contribution in [0.1, 0.15) is 12.8 Å². The molecule has 114 valence electrons. The van der Waals surface area contributed by atoms with E-state index >= 15 is 0 Å². The highest BCUT2D eigenvalue weighted by Gasteiger charge is 2.33. The first-order valence-electron chi connectivity index (χ1n) is 7.15. The number of aliphatic hydroxyl groups is 1. The van der Waals surface area contributed by atoms with Gasteiger partial charge in [-0.25, -0.2) is 0 Å². The smallest absolute Gasteiger partial charge is 0.271 e. The summed E-state index contributed by atoms with van der Waals surface area (Å²) < 4.78 is 0. The van der Waals surface area contributed by atoms with Crippen LogP contribution in [0.2, 0.25) is 5.02 Å². The lowest BCUT2D eigenvalue weighted by molar-refractivity contribution is -0.384. The van der Waals surface area contributed by atoms with E-state index in [1.165, 1.54) is 12.1 Å². The van der Waals surface area contributed by atoms with Gasteiger partial charge in [0, 0.05) is 44.4 Å². The van der Waals surface area contributed by atoms with E-state index in [0.29, 0.717) is 11.1 Å². The number of halogens is 1. The second-order valence-electron chi connectivity index (χ2n) is 5.72. The van der Waals surface area contributed by atoms with Crippen molar-refractivity contribution in [1.82, 2.24) is 4.90 Å². The number of β-amino-alcohol motifs (C(OH)–C–C–N with tert-alkyl or cyclic N) is 1. The number of nitro groups is 1. The summed E-state index contributed by atoms with van der Waals surface area (Å²) in [4.78, 5) is 14.8. The van der Waals surface area contributed by atoms with Crippen molar-refractivity contribution in [3.05, 3.63) is 33.3 Å². The second-order valence-corrected chi connectivity index (χ2v) is 6.13. The molecule has 0 radical (unpaired) electrons. The van der Waals surface area contributed by atoms with Crippen molar-refractivity contribution in [2.45, 2.75) is 25.0 Å². The summed E-state index contributed by atoms with van der Waals surface area (Å²) in [7, 11) is 0. The molecule has 0 amide bonds. The molecule has 0 aromatic heterocycles. The number of nitrogens with zero attached hydrogens (tertiary/aromatic N) is 3. The van der Waals surface area contributed by atoms with Crippen LogP contribution in [0, 0.1) is 10.1 Å². The lowest BCUT2D eigenvalue weighted by Gasteiger charge is -2.45. The largest absolute Gasteiger partial charge is 0.390 e. The molecule has 0 unspecified atom stereocenters. The van der Waals surface area contributed by atoms with Gasteiger partial charge in [-0.15, -0.1) is 0 Å². The van der Waals surface area contributed by atoms with Crippen molar-refractivity contribution in [3.63, 3.8) is 0 Å². The van der Waals surface area contributed by atoms with Crippen LogP contribution in [0.25, 0.3) is 0 Å². The molecule has 0 saturated carbocycles. The number of hydrogen-bond acceptors (Lipinski definition) is 5. The summed E-state index contributed by atoms with van der Waals surface area (Å²) in [5.74, 6) is 0. The zero-order chi connectivity index (χ0) is 15.0. The first-order chi connectivity index (χ1) is 10.0. The Morgan fingerprint density at radius 2 is 1.95 bits per heavy atom. The number of likely N-dealkylation sites (tertiary alicyclic amines) is 1. The zero-order valence-corrected chi connectivity index (χ0v) is 12.4. The van der Waals surface area contributed by atoms with Crippen LogP contribution in [0.5, 0.6) is 0 Å². The summed E-state index contributed by atoms with van der Waals surface area (Å²) in [5.41, 5.74) is 0.887. The molecule has 0 bridgehead atoms. The van der Waals surface area contributed by atoms with E-state index < -0.39 is 4.92 Å². The first-order valence-corrected chi connectivity index (χ1v) is 7.53. The van der Waals surface area contributed by atoms with Gasteiger partial charge < -0.3 is 10.0 Å². The van der Waals surface area contributed by atoms with Crippen molar-refractivity contribution in [2.75, 3.05) is 31.1 Å². The van der Waals surface area contributed by atoms with Crippen LogP contribution in [-0.4, -0.2) is 53.3 Å². The molecule has 2 aliphatic rings. The monoisotopic (exact) mass is 311 g/mol. The number of piperidine rings is 1. The maximum absolute atomic E-state index is 10.7. The van der Waals surface area contributed by atoms with E-state index in [2.05, 4.69) is 9.80 Å². The molecule has 21 heavy (non-hydrogen) atoms. The Labute approximate surface area is 128 Å². The Bertz CT molecular complexity index is 540. The van der Waals surface area contributed by atoms with Gasteiger partial charge in [-0.2, -0.15) is 0 Å². The van der Waals surface area contributed by atoms with E-state index in [1.807, 2.05) is 0 Å². The predicted octanol–water partition coefficient (Wildman–Crippen LogP) is 1.89. The first kappa shape index (κ1) is 14.6. The molecule has 6 nitrogen and oxygen atoms in total. The van der Waals surface area contributed by atoms with Gasteiger partial charge in [0.15, 0.2) is 0 Å². The van der Waals surface area contributed by atoms with Crippen molar-refractivity contribution < 1.29 is 10.0 Å². The highest BCUT2D eigenvalue weighted by Crippen LogP contribution is 2.32. The minimum atomic E-state index is -0.433. The third-order valence-corrected chi connectivity index (χ3v) is 4.66. The lowest BCUT2D eigenvalue weighted by Crippen LogP contribution is -2.57. The lowest BCUT2D eigenvalue weighted by atomic mass is 9.98. The molecule has 0 atom stereocenters. The summed E-state index contributed by atoms with van der Waals surface area (Å²) >= 11 is 6.17. The minimum Gasteiger partial charge on any atom is -0.390 e. The molecule has 2 saturated heterocycles. The molecule has 0 aliphatic carbocycles. The van der Waals surface area contributed by atoms with Gasteiger partial charge in [0.2, 0.25) is 0 Å². The van der Waals surface area contributed by atoms with Gasteiger partial charge in [-0.3, -0.25) is 15.0 Å². The normalized spacial score (nSPS) is 21.3. The highest BCUT2D eigenvalue weighted by atomic mass is 35.5. The molecule has 2 fully saturated rings. The number of rotatable bonds is 3. The topological polar surface area (TPSA) is 69.9 Å². The van der Waals surface area contributed by atoms with Crippen molar-refractivity contribution >= 4 is 23.0 Å². The minimum absolute atomic E-state index is 0.0215. The summed E-state index contributed by atoms with van der Waals surface area (Å²) in [5, 5.41) is 20.5. The van der Waals surface area contributed by atoms with Gasteiger partial charge in [0.25, 0.3) is 5.69 Å². The third-order valence-electron chi connectivity index (χ3n) is 4.35. The molecule has 7 heteroatoms. The average molecular weight is 312 g/mol. The zero-order valence-electron chi connectivity index (χ0n) is 11.6. The Kier molecular flexibility index (Phi) is 4.01. The Hall–Kier alpha value is -1.37. The van der Waals surface area contributed by atoms with Crippen LogP contribution in [0.15, 0.2) is 18.2 Å². The van der Waals surface area contributed by atoms with Crippen LogP contribution in [0.4, 0.5) is 11.4 Å². The SMILES string of the molecule is O=[N+]([O-])c1ccc(N2CCC(N3CC(O)C3)CC2)c(Cl)c1. The Morgan fingerprint density at radius 3 is 2.48 bits per heavy atom. The molecule has 2 heterocycles. The van der Waals surface area contributed by atoms with Gasteiger partial charge >= 0.3 is 0 Å². The van der Waals surface area contributed by atoms with Crippen molar-refractivity contribution in [1.29, 1.82) is 0 Å². The molecule has 2 aliphatic heterocycles. The van der Waals surface area contributed by atoms with Gasteiger partial charge in [0.05, 0.1) is 21.7 Å². The number of anilines is 1. The number of non-ortho nitro benzene ring substituents is 1. The number of nitro benzene ring substituents is 1. The maximum atomic E-state index is 10.7. The van der Waals surface area contributed by atoms with Crippen LogP contribution >= 0.6 is 11.6 Å². The van der Waals surface area contributed by atoms with Gasteiger partial charge in [-0.1, -0.05) is 11.6 Å². The van der Waals surface area contributed by atoms with Crippen molar-refractivity contribution in [3.8, 4) is 0 Å². The number of benzene rings is 1. The standard InChI is InChI=1S/C14H18ClN3O3/c15-13-7-11(18(20)21)1-2-14(13)16-5-3-10(4-6-16)17-8-12(19)9-17/h1-2,7,10,12,19H,3-6,8-9H2. The second kappa shape index (κ2) is 5.79. The van der Waals surface area contributed by atoms with Crippen LogP contribution in [-0.2, 0) is 0 Å². The molecular weight excluding hydrogens is 294 g/mol. The average Bonchev–Trinajstić information content (AvgIpc) is 2.44. The number of hydrogen-bond donors (Lipinski definition) is 1.